The average Bonchev–Trinajstić information content (AvgIpc) is 3.08. The predicted octanol–water partition coefficient (Wildman–Crippen LogP) is 3.47. The van der Waals surface area contributed by atoms with Crippen molar-refractivity contribution in [3.05, 3.63) is 48.0 Å². The normalized spacial score (nSPS) is 13.6. The molecule has 1 aliphatic heterocycles. The van der Waals surface area contributed by atoms with E-state index in [0.717, 1.165) is 12.2 Å². The van der Waals surface area contributed by atoms with Crippen LogP contribution in [0.3, 0.4) is 0 Å². The number of hydrogen-bond donors (Lipinski definition) is 1. The zero-order valence-electron chi connectivity index (χ0n) is 15.0. The molecule has 2 aromatic carbocycles. The number of amides is 2. The Balaban J connectivity index is 1.78. The molecule has 1 saturated heterocycles. The molecule has 0 radical (unpaired) electrons. The van der Waals surface area contributed by atoms with E-state index in [1.807, 2.05) is 6.92 Å². The van der Waals surface area contributed by atoms with Gasteiger partial charge in [-0.25, -0.2) is 0 Å². The molecule has 2 amide bonds. The van der Waals surface area contributed by atoms with Crippen LogP contribution in [-0.2, 0) is 4.79 Å². The van der Waals surface area contributed by atoms with E-state index in [2.05, 4.69) is 5.32 Å². The van der Waals surface area contributed by atoms with E-state index in [1.54, 1.807) is 54.5 Å². The highest BCUT2D eigenvalue weighted by molar-refractivity contribution is 6.05. The maximum atomic E-state index is 12.5. The lowest BCUT2D eigenvalue weighted by Gasteiger charge is -2.20. The van der Waals surface area contributed by atoms with Crippen molar-refractivity contribution in [3.63, 3.8) is 0 Å². The van der Waals surface area contributed by atoms with Crippen molar-refractivity contribution in [3.8, 4) is 11.5 Å². The fraction of sp³-hybridized carbons (Fsp3) is 0.300. The molecule has 0 aliphatic carbocycles. The van der Waals surface area contributed by atoms with Gasteiger partial charge in [-0.3, -0.25) is 9.59 Å². The van der Waals surface area contributed by atoms with Crippen LogP contribution in [0.4, 0.5) is 11.4 Å². The van der Waals surface area contributed by atoms with Crippen LogP contribution in [0.2, 0.25) is 0 Å². The summed E-state index contributed by atoms with van der Waals surface area (Å²) in [5, 5.41) is 2.87. The summed E-state index contributed by atoms with van der Waals surface area (Å²) in [6, 6.07) is 12.3. The highest BCUT2D eigenvalue weighted by Gasteiger charge is 2.25. The van der Waals surface area contributed by atoms with Gasteiger partial charge in [-0.1, -0.05) is 0 Å². The minimum absolute atomic E-state index is 0.0679. The molecule has 3 rings (SSSR count). The molecule has 0 aromatic heterocycles. The van der Waals surface area contributed by atoms with Gasteiger partial charge in [0.05, 0.1) is 19.4 Å². The number of nitrogens with zero attached hydrogens (tertiary/aromatic N) is 1. The van der Waals surface area contributed by atoms with Gasteiger partial charge in [0.1, 0.15) is 11.5 Å². The molecule has 0 bridgehead atoms. The van der Waals surface area contributed by atoms with Gasteiger partial charge >= 0.3 is 0 Å². The van der Waals surface area contributed by atoms with Crippen LogP contribution in [0.5, 0.6) is 11.5 Å². The minimum atomic E-state index is -0.225. The van der Waals surface area contributed by atoms with E-state index in [4.69, 9.17) is 9.47 Å². The molecule has 2 aromatic rings. The van der Waals surface area contributed by atoms with Crippen molar-refractivity contribution in [2.45, 2.75) is 19.8 Å². The SMILES string of the molecule is CCOc1ccc(C(=O)Nc2ccc(OC)c(N3CCCC3=O)c2)cc1. The van der Waals surface area contributed by atoms with Crippen molar-refractivity contribution in [1.82, 2.24) is 0 Å². The van der Waals surface area contributed by atoms with Gasteiger partial charge in [0.15, 0.2) is 0 Å². The van der Waals surface area contributed by atoms with E-state index in [-0.39, 0.29) is 11.8 Å². The predicted molar refractivity (Wildman–Crippen MR) is 100 cm³/mol. The summed E-state index contributed by atoms with van der Waals surface area (Å²) in [6.45, 7) is 3.15. The van der Waals surface area contributed by atoms with Crippen LogP contribution < -0.4 is 19.7 Å². The highest BCUT2D eigenvalue weighted by Crippen LogP contribution is 2.34. The second-order valence-corrected chi connectivity index (χ2v) is 5.95. The number of ether oxygens (including phenoxy) is 2. The van der Waals surface area contributed by atoms with Gasteiger partial charge in [0.25, 0.3) is 5.91 Å². The van der Waals surface area contributed by atoms with Gasteiger partial charge in [0, 0.05) is 24.2 Å². The molecule has 0 spiro atoms. The molecule has 0 saturated carbocycles. The lowest BCUT2D eigenvalue weighted by Crippen LogP contribution is -2.24. The van der Waals surface area contributed by atoms with Crippen molar-refractivity contribution >= 4 is 23.2 Å². The Morgan fingerprint density at radius 1 is 1.19 bits per heavy atom. The number of nitrogens with one attached hydrogen (secondary N) is 1. The summed E-state index contributed by atoms with van der Waals surface area (Å²) in [5.74, 6) is 1.18. The maximum absolute atomic E-state index is 12.5. The number of rotatable bonds is 6. The van der Waals surface area contributed by atoms with E-state index < -0.39 is 0 Å². The summed E-state index contributed by atoms with van der Waals surface area (Å²) < 4.78 is 10.8. The molecule has 1 N–H and O–H groups in total. The van der Waals surface area contributed by atoms with Crippen LogP contribution in [0.1, 0.15) is 30.1 Å². The molecule has 26 heavy (non-hydrogen) atoms. The lowest BCUT2D eigenvalue weighted by molar-refractivity contribution is -0.117. The van der Waals surface area contributed by atoms with E-state index in [9.17, 15) is 9.59 Å². The van der Waals surface area contributed by atoms with Crippen molar-refractivity contribution in [2.75, 3.05) is 30.5 Å². The van der Waals surface area contributed by atoms with Gasteiger partial charge in [-0.05, 0) is 55.8 Å². The fourth-order valence-electron chi connectivity index (χ4n) is 2.95. The summed E-state index contributed by atoms with van der Waals surface area (Å²) in [4.78, 5) is 26.2. The first-order valence-corrected chi connectivity index (χ1v) is 8.65. The Labute approximate surface area is 152 Å². The smallest absolute Gasteiger partial charge is 0.255 e. The quantitative estimate of drug-likeness (QED) is 0.862. The second kappa shape index (κ2) is 7.91. The summed E-state index contributed by atoms with van der Waals surface area (Å²) in [5.41, 5.74) is 1.82. The van der Waals surface area contributed by atoms with Gasteiger partial charge < -0.3 is 19.7 Å². The minimum Gasteiger partial charge on any atom is -0.495 e. The first-order valence-electron chi connectivity index (χ1n) is 8.65. The first-order chi connectivity index (χ1) is 12.6. The molecule has 1 aliphatic rings. The molecule has 0 atom stereocenters. The number of carbonyl (C=O) groups is 2. The molecule has 0 unspecified atom stereocenters. The van der Waals surface area contributed by atoms with Gasteiger partial charge in [0.2, 0.25) is 5.91 Å². The molecule has 6 heteroatoms. The summed E-state index contributed by atoms with van der Waals surface area (Å²) in [6.07, 6.45) is 1.36. The molecular weight excluding hydrogens is 332 g/mol. The summed E-state index contributed by atoms with van der Waals surface area (Å²) in [7, 11) is 1.57. The van der Waals surface area contributed by atoms with Crippen molar-refractivity contribution in [1.29, 1.82) is 0 Å². The van der Waals surface area contributed by atoms with Crippen LogP contribution >= 0.6 is 0 Å². The van der Waals surface area contributed by atoms with Gasteiger partial charge in [-0.15, -0.1) is 0 Å². The fourth-order valence-corrected chi connectivity index (χ4v) is 2.95. The van der Waals surface area contributed by atoms with Crippen LogP contribution in [-0.4, -0.2) is 32.1 Å². The van der Waals surface area contributed by atoms with Crippen molar-refractivity contribution in [2.24, 2.45) is 0 Å². The zero-order valence-corrected chi connectivity index (χ0v) is 15.0. The Kier molecular flexibility index (Phi) is 5.41. The Bertz CT molecular complexity index is 802. The topological polar surface area (TPSA) is 67.9 Å². The van der Waals surface area contributed by atoms with E-state index in [1.165, 1.54) is 0 Å². The summed E-state index contributed by atoms with van der Waals surface area (Å²) >= 11 is 0. The van der Waals surface area contributed by atoms with Crippen LogP contribution in [0.15, 0.2) is 42.5 Å². The number of carbonyl (C=O) groups excluding carboxylic acids is 2. The number of hydrogen-bond acceptors (Lipinski definition) is 4. The van der Waals surface area contributed by atoms with Crippen LogP contribution in [0.25, 0.3) is 0 Å². The van der Waals surface area contributed by atoms with E-state index >= 15 is 0 Å². The standard InChI is InChI=1S/C20H22N2O4/c1-3-26-16-9-6-14(7-10-16)20(24)21-15-8-11-18(25-2)17(13-15)22-12-4-5-19(22)23/h6-11,13H,3-5,12H2,1-2H3,(H,21,24). The van der Waals surface area contributed by atoms with E-state index in [0.29, 0.717) is 42.3 Å². The molecule has 6 nitrogen and oxygen atoms in total. The number of anilines is 2. The third-order valence-electron chi connectivity index (χ3n) is 4.23. The third kappa shape index (κ3) is 3.79. The lowest BCUT2D eigenvalue weighted by atomic mass is 10.2. The van der Waals surface area contributed by atoms with Crippen LogP contribution in [0, 0.1) is 0 Å². The second-order valence-electron chi connectivity index (χ2n) is 5.95. The Morgan fingerprint density at radius 3 is 2.58 bits per heavy atom. The largest absolute Gasteiger partial charge is 0.495 e. The van der Waals surface area contributed by atoms with Crippen molar-refractivity contribution < 1.29 is 19.1 Å². The first kappa shape index (κ1) is 17.8. The zero-order chi connectivity index (χ0) is 18.5. The van der Waals surface area contributed by atoms with Gasteiger partial charge in [-0.2, -0.15) is 0 Å². The Hall–Kier alpha value is -3.02. The molecule has 1 fully saturated rings. The maximum Gasteiger partial charge on any atom is 0.255 e. The number of methoxy groups -OCH3 is 1. The monoisotopic (exact) mass is 354 g/mol. The molecule has 1 heterocycles. The number of benzene rings is 2. The molecular formula is C20H22N2O4. The molecule has 136 valence electrons. The highest BCUT2D eigenvalue weighted by atomic mass is 16.5. The average molecular weight is 354 g/mol. The Morgan fingerprint density at radius 2 is 1.96 bits per heavy atom. The third-order valence-corrected chi connectivity index (χ3v) is 4.23.